The molecule has 0 unspecified atom stereocenters. The molecule has 0 aliphatic carbocycles. The highest BCUT2D eigenvalue weighted by Gasteiger charge is 2.09. The molecular formula is C19H17ClN4O. The number of aromatic nitrogens is 1. The van der Waals surface area contributed by atoms with Crippen molar-refractivity contribution < 1.29 is 4.79 Å². The lowest BCUT2D eigenvalue weighted by atomic mass is 10.1. The Morgan fingerprint density at radius 3 is 2.56 bits per heavy atom. The van der Waals surface area contributed by atoms with E-state index in [1.54, 1.807) is 30.5 Å². The van der Waals surface area contributed by atoms with Crippen LogP contribution in [-0.4, -0.2) is 10.9 Å². The van der Waals surface area contributed by atoms with Gasteiger partial charge in [0.1, 0.15) is 0 Å². The summed E-state index contributed by atoms with van der Waals surface area (Å²) in [6.45, 7) is 0.306. The van der Waals surface area contributed by atoms with Gasteiger partial charge in [0, 0.05) is 40.9 Å². The van der Waals surface area contributed by atoms with Crippen molar-refractivity contribution in [2.45, 2.75) is 6.54 Å². The average Bonchev–Trinajstić information content (AvgIpc) is 2.61. The summed E-state index contributed by atoms with van der Waals surface area (Å²) in [4.78, 5) is 16.6. The number of carbonyl (C=O) groups excluding carboxylic acids is 1. The summed E-state index contributed by atoms with van der Waals surface area (Å²) >= 11 is 6.12. The number of pyridine rings is 1. The lowest BCUT2D eigenvalue weighted by Gasteiger charge is -2.09. The van der Waals surface area contributed by atoms with E-state index >= 15 is 0 Å². The number of nitrogens with zero attached hydrogens (tertiary/aromatic N) is 1. The van der Waals surface area contributed by atoms with Crippen LogP contribution in [0.1, 0.15) is 15.9 Å². The maximum Gasteiger partial charge on any atom is 0.253 e. The lowest BCUT2D eigenvalue weighted by Crippen LogP contribution is -2.23. The van der Waals surface area contributed by atoms with Crippen LogP contribution < -0.4 is 16.8 Å². The molecule has 0 radical (unpaired) electrons. The van der Waals surface area contributed by atoms with Gasteiger partial charge in [-0.15, -0.1) is 0 Å². The van der Waals surface area contributed by atoms with Crippen molar-refractivity contribution in [2.24, 2.45) is 0 Å². The van der Waals surface area contributed by atoms with Gasteiger partial charge in [-0.3, -0.25) is 9.78 Å². The van der Waals surface area contributed by atoms with Crippen LogP contribution in [0.5, 0.6) is 0 Å². The Labute approximate surface area is 150 Å². The van der Waals surface area contributed by atoms with E-state index in [2.05, 4.69) is 10.3 Å². The van der Waals surface area contributed by atoms with Crippen LogP contribution in [0.4, 0.5) is 11.4 Å². The second kappa shape index (κ2) is 7.23. The normalized spacial score (nSPS) is 10.4. The van der Waals surface area contributed by atoms with Crippen molar-refractivity contribution in [3.05, 3.63) is 77.1 Å². The van der Waals surface area contributed by atoms with Crippen molar-refractivity contribution in [2.75, 3.05) is 11.5 Å². The van der Waals surface area contributed by atoms with Crippen molar-refractivity contribution >= 4 is 28.9 Å². The summed E-state index contributed by atoms with van der Waals surface area (Å²) in [6, 6.07) is 14.4. The number of amides is 1. The predicted molar refractivity (Wildman–Crippen MR) is 101 cm³/mol. The number of carbonyl (C=O) groups is 1. The second-order valence-electron chi connectivity index (χ2n) is 5.62. The molecule has 0 atom stereocenters. The summed E-state index contributed by atoms with van der Waals surface area (Å²) < 4.78 is 0. The number of hydrogen-bond donors (Lipinski definition) is 3. The minimum absolute atomic E-state index is 0.230. The summed E-state index contributed by atoms with van der Waals surface area (Å²) in [7, 11) is 0. The molecular weight excluding hydrogens is 336 g/mol. The number of nitrogens with two attached hydrogens (primary N) is 2. The van der Waals surface area contributed by atoms with Crippen molar-refractivity contribution in [1.29, 1.82) is 0 Å². The Morgan fingerprint density at radius 2 is 1.80 bits per heavy atom. The third kappa shape index (κ3) is 4.08. The number of anilines is 2. The van der Waals surface area contributed by atoms with Gasteiger partial charge in [0.25, 0.3) is 5.91 Å². The van der Waals surface area contributed by atoms with E-state index < -0.39 is 0 Å². The molecule has 2 aromatic carbocycles. The quantitative estimate of drug-likeness (QED) is 0.626. The molecule has 0 bridgehead atoms. The van der Waals surface area contributed by atoms with Crippen LogP contribution in [0.2, 0.25) is 5.02 Å². The molecule has 1 heterocycles. The molecule has 0 saturated heterocycles. The van der Waals surface area contributed by atoms with Gasteiger partial charge in [-0.25, -0.2) is 0 Å². The Morgan fingerprint density at radius 1 is 1.00 bits per heavy atom. The van der Waals surface area contributed by atoms with Crippen LogP contribution in [0, 0.1) is 0 Å². The zero-order valence-electron chi connectivity index (χ0n) is 13.4. The monoisotopic (exact) mass is 352 g/mol. The Kier molecular flexibility index (Phi) is 4.86. The van der Waals surface area contributed by atoms with Crippen molar-refractivity contribution in [3.8, 4) is 11.1 Å². The maximum absolute atomic E-state index is 12.4. The zero-order chi connectivity index (χ0) is 17.8. The van der Waals surface area contributed by atoms with E-state index in [0.717, 1.165) is 16.7 Å². The topological polar surface area (TPSA) is 94.0 Å². The van der Waals surface area contributed by atoms with Gasteiger partial charge in [-0.1, -0.05) is 29.8 Å². The fourth-order valence-corrected chi connectivity index (χ4v) is 2.68. The minimum Gasteiger partial charge on any atom is -0.399 e. The first-order chi connectivity index (χ1) is 12.0. The molecule has 5 N–H and O–H groups in total. The van der Waals surface area contributed by atoms with Gasteiger partial charge < -0.3 is 16.8 Å². The molecule has 3 aromatic rings. The molecule has 6 heteroatoms. The highest BCUT2D eigenvalue weighted by atomic mass is 35.5. The van der Waals surface area contributed by atoms with Crippen LogP contribution >= 0.6 is 11.6 Å². The third-order valence-corrected chi connectivity index (χ3v) is 4.09. The molecule has 126 valence electrons. The smallest absolute Gasteiger partial charge is 0.253 e. The van der Waals surface area contributed by atoms with Crippen LogP contribution in [-0.2, 0) is 6.54 Å². The summed E-state index contributed by atoms with van der Waals surface area (Å²) in [5.74, 6) is -0.230. The average molecular weight is 353 g/mol. The highest BCUT2D eigenvalue weighted by Crippen LogP contribution is 2.22. The largest absolute Gasteiger partial charge is 0.399 e. The first kappa shape index (κ1) is 16.8. The molecule has 0 aliphatic rings. The molecule has 0 fully saturated rings. The van der Waals surface area contributed by atoms with Crippen LogP contribution in [0.25, 0.3) is 11.1 Å². The fourth-order valence-electron chi connectivity index (χ4n) is 2.42. The van der Waals surface area contributed by atoms with E-state index in [0.29, 0.717) is 28.5 Å². The van der Waals surface area contributed by atoms with Gasteiger partial charge >= 0.3 is 0 Å². The first-order valence-corrected chi connectivity index (χ1v) is 8.04. The van der Waals surface area contributed by atoms with Gasteiger partial charge in [0.15, 0.2) is 0 Å². The molecule has 0 saturated carbocycles. The van der Waals surface area contributed by atoms with E-state index in [-0.39, 0.29) is 5.91 Å². The molecule has 0 spiro atoms. The highest BCUT2D eigenvalue weighted by molar-refractivity contribution is 6.31. The van der Waals surface area contributed by atoms with Gasteiger partial charge in [0.05, 0.1) is 5.56 Å². The van der Waals surface area contributed by atoms with E-state index in [1.165, 1.54) is 6.20 Å². The molecule has 0 aliphatic heterocycles. The number of benzene rings is 2. The standard InChI is InChI=1S/C19H17ClN4O/c20-18-8-17(22)5-4-13(18)11-24-19(25)15-6-14(9-23-10-15)12-2-1-3-16(21)7-12/h1-10H,11,21-22H2,(H,24,25). The Bertz CT molecular complexity index is 927. The number of halogens is 1. The molecule has 1 amide bonds. The molecule has 1 aromatic heterocycles. The predicted octanol–water partition coefficient (Wildman–Crippen LogP) is 3.50. The van der Waals surface area contributed by atoms with Gasteiger partial charge in [-0.2, -0.15) is 0 Å². The summed E-state index contributed by atoms with van der Waals surface area (Å²) in [5, 5.41) is 3.36. The van der Waals surface area contributed by atoms with E-state index in [1.807, 2.05) is 24.3 Å². The minimum atomic E-state index is -0.230. The van der Waals surface area contributed by atoms with Crippen molar-refractivity contribution in [3.63, 3.8) is 0 Å². The summed E-state index contributed by atoms with van der Waals surface area (Å²) in [6.07, 6.45) is 3.22. The molecule has 5 nitrogen and oxygen atoms in total. The van der Waals surface area contributed by atoms with Crippen LogP contribution in [0.3, 0.4) is 0 Å². The first-order valence-electron chi connectivity index (χ1n) is 7.66. The third-order valence-electron chi connectivity index (χ3n) is 3.74. The van der Waals surface area contributed by atoms with Crippen LogP contribution in [0.15, 0.2) is 60.9 Å². The van der Waals surface area contributed by atoms with Crippen molar-refractivity contribution in [1.82, 2.24) is 10.3 Å². The Hall–Kier alpha value is -3.05. The number of nitrogens with one attached hydrogen (secondary N) is 1. The Balaban J connectivity index is 1.75. The number of hydrogen-bond acceptors (Lipinski definition) is 4. The number of nitrogen functional groups attached to an aromatic ring is 2. The zero-order valence-corrected chi connectivity index (χ0v) is 14.1. The fraction of sp³-hybridized carbons (Fsp3) is 0.0526. The van der Waals surface area contributed by atoms with E-state index in [4.69, 9.17) is 23.1 Å². The SMILES string of the molecule is Nc1cccc(-c2cncc(C(=O)NCc3ccc(N)cc3Cl)c2)c1. The van der Waals surface area contributed by atoms with Gasteiger partial charge in [0.2, 0.25) is 0 Å². The molecule has 25 heavy (non-hydrogen) atoms. The number of rotatable bonds is 4. The maximum atomic E-state index is 12.4. The second-order valence-corrected chi connectivity index (χ2v) is 6.03. The summed E-state index contributed by atoms with van der Waals surface area (Å²) in [5.41, 5.74) is 15.7. The lowest BCUT2D eigenvalue weighted by molar-refractivity contribution is 0.0950. The molecule has 3 rings (SSSR count). The van der Waals surface area contributed by atoms with E-state index in [9.17, 15) is 4.79 Å². The van der Waals surface area contributed by atoms with Gasteiger partial charge in [-0.05, 0) is 41.5 Å².